The molecule has 1 amide bonds. The number of amides is 1. The van der Waals surface area contributed by atoms with Crippen LogP contribution in [0.25, 0.3) is 16.9 Å². The molecular formula is C24H27N7O. The average molecular weight is 430 g/mol. The largest absolute Gasteiger partial charge is 0.356 e. The number of piperidine rings is 1. The minimum atomic E-state index is -0.174. The molecule has 1 fully saturated rings. The van der Waals surface area contributed by atoms with Gasteiger partial charge in [-0.15, -0.1) is 0 Å². The lowest BCUT2D eigenvalue weighted by Crippen LogP contribution is -2.31. The van der Waals surface area contributed by atoms with E-state index in [0.717, 1.165) is 56.0 Å². The van der Waals surface area contributed by atoms with Crippen LogP contribution in [0.1, 0.15) is 36.2 Å². The van der Waals surface area contributed by atoms with Crippen molar-refractivity contribution in [3.8, 4) is 11.3 Å². The highest BCUT2D eigenvalue weighted by Gasteiger charge is 2.20. The van der Waals surface area contributed by atoms with E-state index in [1.165, 1.54) is 6.42 Å². The number of hydrogen-bond acceptors (Lipinski definition) is 5. The molecule has 4 aromatic rings. The third-order valence-electron chi connectivity index (χ3n) is 5.83. The van der Waals surface area contributed by atoms with Crippen molar-refractivity contribution in [2.75, 3.05) is 24.5 Å². The van der Waals surface area contributed by atoms with E-state index in [1.54, 1.807) is 18.6 Å². The van der Waals surface area contributed by atoms with E-state index in [9.17, 15) is 4.79 Å². The molecule has 4 heterocycles. The van der Waals surface area contributed by atoms with Gasteiger partial charge in [0.05, 0.1) is 12.0 Å². The lowest BCUT2D eigenvalue weighted by Gasteiger charge is -2.29. The monoisotopic (exact) mass is 429 g/mol. The third-order valence-corrected chi connectivity index (χ3v) is 5.83. The Bertz CT molecular complexity index is 1180. The predicted molar refractivity (Wildman–Crippen MR) is 124 cm³/mol. The summed E-state index contributed by atoms with van der Waals surface area (Å²) >= 11 is 0. The van der Waals surface area contributed by atoms with Crippen molar-refractivity contribution in [3.05, 3.63) is 66.9 Å². The van der Waals surface area contributed by atoms with Crippen molar-refractivity contribution in [2.45, 2.75) is 32.2 Å². The van der Waals surface area contributed by atoms with E-state index in [2.05, 4.69) is 38.5 Å². The Balaban J connectivity index is 1.40. The number of imidazole rings is 1. The van der Waals surface area contributed by atoms with Crippen molar-refractivity contribution in [2.24, 2.45) is 0 Å². The van der Waals surface area contributed by atoms with Gasteiger partial charge in [-0.1, -0.05) is 30.3 Å². The summed E-state index contributed by atoms with van der Waals surface area (Å²) in [7, 11) is 0. The molecule has 1 aromatic carbocycles. The van der Waals surface area contributed by atoms with Gasteiger partial charge in [0.15, 0.2) is 11.3 Å². The summed E-state index contributed by atoms with van der Waals surface area (Å²) in [6, 6.07) is 14.0. The van der Waals surface area contributed by atoms with Gasteiger partial charge in [0.1, 0.15) is 5.82 Å². The van der Waals surface area contributed by atoms with E-state index in [0.29, 0.717) is 17.9 Å². The number of rotatable bonds is 7. The molecule has 0 bridgehead atoms. The smallest absolute Gasteiger partial charge is 0.271 e. The van der Waals surface area contributed by atoms with Crippen molar-refractivity contribution < 1.29 is 4.79 Å². The summed E-state index contributed by atoms with van der Waals surface area (Å²) < 4.78 is 3.81. The maximum absolute atomic E-state index is 12.8. The second-order valence-corrected chi connectivity index (χ2v) is 8.12. The Morgan fingerprint density at radius 1 is 1.06 bits per heavy atom. The fraction of sp³-hybridized carbons (Fsp3) is 0.333. The maximum Gasteiger partial charge on any atom is 0.271 e. The number of nitrogens with one attached hydrogen (secondary N) is 1. The summed E-state index contributed by atoms with van der Waals surface area (Å²) in [5, 5.41) is 7.61. The number of aromatic nitrogens is 5. The molecule has 8 nitrogen and oxygen atoms in total. The minimum absolute atomic E-state index is 0.174. The topological polar surface area (TPSA) is 80.4 Å². The first-order chi connectivity index (χ1) is 15.8. The predicted octanol–water partition coefficient (Wildman–Crippen LogP) is 3.40. The summed E-state index contributed by atoms with van der Waals surface area (Å²) in [6.07, 6.45) is 9.86. The normalized spacial score (nSPS) is 14.1. The SMILES string of the molecule is O=C(NCCCn1ccnc1)c1cc2nc(-c3ccccc3)cc(N3CCCCC3)n2n1. The second kappa shape index (κ2) is 9.21. The van der Waals surface area contributed by atoms with Crippen LogP contribution in [0, 0.1) is 0 Å². The molecule has 0 atom stereocenters. The molecule has 8 heteroatoms. The van der Waals surface area contributed by atoms with Crippen LogP contribution in [0.15, 0.2) is 61.2 Å². The van der Waals surface area contributed by atoms with Crippen LogP contribution in [0.2, 0.25) is 0 Å². The quantitative estimate of drug-likeness (QED) is 0.456. The average Bonchev–Trinajstić information content (AvgIpc) is 3.52. The Morgan fingerprint density at radius 3 is 2.69 bits per heavy atom. The van der Waals surface area contributed by atoms with Gasteiger partial charge in [-0.2, -0.15) is 9.61 Å². The van der Waals surface area contributed by atoms with Gasteiger partial charge in [0, 0.05) is 56.3 Å². The van der Waals surface area contributed by atoms with Crippen LogP contribution in [-0.4, -0.2) is 49.7 Å². The van der Waals surface area contributed by atoms with Gasteiger partial charge in [-0.3, -0.25) is 4.79 Å². The first kappa shape index (κ1) is 20.2. The van der Waals surface area contributed by atoms with Crippen LogP contribution >= 0.6 is 0 Å². The molecule has 32 heavy (non-hydrogen) atoms. The molecular weight excluding hydrogens is 402 g/mol. The van der Waals surface area contributed by atoms with E-state index < -0.39 is 0 Å². The van der Waals surface area contributed by atoms with Crippen molar-refractivity contribution in [1.82, 2.24) is 29.5 Å². The lowest BCUT2D eigenvalue weighted by molar-refractivity contribution is 0.0947. The van der Waals surface area contributed by atoms with E-state index >= 15 is 0 Å². The van der Waals surface area contributed by atoms with E-state index in [-0.39, 0.29) is 5.91 Å². The van der Waals surface area contributed by atoms with Crippen molar-refractivity contribution in [1.29, 1.82) is 0 Å². The molecule has 1 saturated heterocycles. The molecule has 0 spiro atoms. The Morgan fingerprint density at radius 2 is 1.91 bits per heavy atom. The van der Waals surface area contributed by atoms with Crippen LogP contribution in [0.5, 0.6) is 0 Å². The van der Waals surface area contributed by atoms with Crippen LogP contribution in [0.3, 0.4) is 0 Å². The maximum atomic E-state index is 12.8. The molecule has 164 valence electrons. The number of nitrogens with zero attached hydrogens (tertiary/aromatic N) is 6. The van der Waals surface area contributed by atoms with Crippen LogP contribution < -0.4 is 10.2 Å². The Hall–Kier alpha value is -3.68. The molecule has 1 N–H and O–H groups in total. The summed E-state index contributed by atoms with van der Waals surface area (Å²) in [6.45, 7) is 3.37. The third kappa shape index (κ3) is 4.34. The Kier molecular flexibility index (Phi) is 5.83. The summed E-state index contributed by atoms with van der Waals surface area (Å²) in [5.74, 6) is 0.819. The zero-order valence-corrected chi connectivity index (χ0v) is 18.0. The number of benzene rings is 1. The van der Waals surface area contributed by atoms with E-state index in [1.807, 2.05) is 33.5 Å². The number of aryl methyl sites for hydroxylation is 1. The molecule has 0 aliphatic carbocycles. The molecule has 0 radical (unpaired) electrons. The molecule has 0 unspecified atom stereocenters. The first-order valence-corrected chi connectivity index (χ1v) is 11.2. The van der Waals surface area contributed by atoms with E-state index in [4.69, 9.17) is 4.98 Å². The molecule has 5 rings (SSSR count). The fourth-order valence-corrected chi connectivity index (χ4v) is 4.15. The molecule has 3 aromatic heterocycles. The van der Waals surface area contributed by atoms with Gasteiger partial charge in [0.2, 0.25) is 0 Å². The Labute approximate surface area is 186 Å². The molecule has 1 aliphatic heterocycles. The lowest BCUT2D eigenvalue weighted by atomic mass is 10.1. The number of anilines is 1. The minimum Gasteiger partial charge on any atom is -0.356 e. The second-order valence-electron chi connectivity index (χ2n) is 8.12. The first-order valence-electron chi connectivity index (χ1n) is 11.2. The summed E-state index contributed by atoms with van der Waals surface area (Å²) in [5.41, 5.74) is 3.03. The molecule has 1 aliphatic rings. The molecule has 0 saturated carbocycles. The van der Waals surface area contributed by atoms with Gasteiger partial charge in [-0.05, 0) is 25.7 Å². The van der Waals surface area contributed by atoms with Gasteiger partial charge >= 0.3 is 0 Å². The zero-order valence-electron chi connectivity index (χ0n) is 18.0. The number of hydrogen-bond donors (Lipinski definition) is 1. The summed E-state index contributed by atoms with van der Waals surface area (Å²) in [4.78, 5) is 24.0. The standard InChI is InChI=1S/C24H27N7O/c32-24(26-10-7-12-29-15-11-25-18-29)21-16-22-27-20(19-8-3-1-4-9-19)17-23(31(22)28-21)30-13-5-2-6-14-30/h1,3-4,8-9,11,15-18H,2,5-7,10,12-14H2,(H,26,32). The highest BCUT2D eigenvalue weighted by molar-refractivity contribution is 5.93. The van der Waals surface area contributed by atoms with Crippen molar-refractivity contribution >= 4 is 17.4 Å². The number of fused-ring (bicyclic) bond motifs is 1. The van der Waals surface area contributed by atoms with Crippen LogP contribution in [-0.2, 0) is 6.54 Å². The van der Waals surface area contributed by atoms with Crippen molar-refractivity contribution in [3.63, 3.8) is 0 Å². The van der Waals surface area contributed by atoms with Crippen LogP contribution in [0.4, 0.5) is 5.82 Å². The highest BCUT2D eigenvalue weighted by atomic mass is 16.1. The van der Waals surface area contributed by atoms with Gasteiger partial charge < -0.3 is 14.8 Å². The number of carbonyl (C=O) groups is 1. The van der Waals surface area contributed by atoms with Gasteiger partial charge in [0.25, 0.3) is 5.91 Å². The number of carbonyl (C=O) groups excluding carboxylic acids is 1. The fourth-order valence-electron chi connectivity index (χ4n) is 4.15. The zero-order chi connectivity index (χ0) is 21.8. The highest BCUT2D eigenvalue weighted by Crippen LogP contribution is 2.27. The van der Waals surface area contributed by atoms with Gasteiger partial charge in [-0.25, -0.2) is 9.97 Å².